The van der Waals surface area contributed by atoms with Crippen LogP contribution in [-0.4, -0.2) is 65.1 Å². The van der Waals surface area contributed by atoms with Crippen LogP contribution in [0.1, 0.15) is 64.7 Å². The van der Waals surface area contributed by atoms with Gasteiger partial charge in [0.25, 0.3) is 0 Å². The number of hydrazine groups is 1. The molecule has 172 valence electrons. The van der Waals surface area contributed by atoms with Gasteiger partial charge in [0.15, 0.2) is 0 Å². The summed E-state index contributed by atoms with van der Waals surface area (Å²) in [5.74, 6) is 1.74. The number of rotatable bonds is 6. The van der Waals surface area contributed by atoms with Gasteiger partial charge in [-0.15, -0.1) is 11.8 Å². The van der Waals surface area contributed by atoms with E-state index in [1.54, 1.807) is 0 Å². The Labute approximate surface area is 185 Å². The Morgan fingerprint density at radius 3 is 2.80 bits per heavy atom. The Morgan fingerprint density at radius 1 is 1.20 bits per heavy atom. The molecule has 0 aromatic heterocycles. The van der Waals surface area contributed by atoms with Gasteiger partial charge in [0.05, 0.1) is 12.7 Å². The maximum Gasteiger partial charge on any atom is 0.237 e. The highest BCUT2D eigenvalue weighted by atomic mass is 32.2. The topological polar surface area (TPSA) is 88.7 Å². The molecule has 5 N–H and O–H groups in total. The summed E-state index contributed by atoms with van der Waals surface area (Å²) in [6.07, 6.45) is 10.3. The fraction of sp³-hybridized carbons (Fsp3) is 0.955. The molecule has 4 fully saturated rings. The monoisotopic (exact) mass is 439 g/mol. The molecule has 8 heteroatoms. The number of amides is 1. The summed E-state index contributed by atoms with van der Waals surface area (Å²) in [7, 11) is 2.12. The lowest BCUT2D eigenvalue weighted by Gasteiger charge is -2.41. The van der Waals surface area contributed by atoms with Crippen LogP contribution in [0.3, 0.4) is 0 Å². The molecule has 0 spiro atoms. The molecule has 30 heavy (non-hydrogen) atoms. The van der Waals surface area contributed by atoms with E-state index in [0.717, 1.165) is 38.3 Å². The lowest BCUT2D eigenvalue weighted by molar-refractivity contribution is -0.125. The molecule has 8 unspecified atom stereocenters. The highest BCUT2D eigenvalue weighted by Crippen LogP contribution is 2.38. The molecule has 1 amide bonds. The summed E-state index contributed by atoms with van der Waals surface area (Å²) in [4.78, 5) is 15.3. The SMILES string of the molecule is CC(SC1NNCN1C)C1CC(CO)CC(NC(=O)C2CCC3CCCCC3N2)C1. The van der Waals surface area contributed by atoms with E-state index in [4.69, 9.17) is 0 Å². The molecular formula is C22H41N5O2S. The van der Waals surface area contributed by atoms with Gasteiger partial charge in [-0.1, -0.05) is 19.8 Å². The normalized spacial score (nSPS) is 41.2. The van der Waals surface area contributed by atoms with Crippen LogP contribution < -0.4 is 21.5 Å². The molecular weight excluding hydrogens is 398 g/mol. The maximum absolute atomic E-state index is 13.1. The van der Waals surface area contributed by atoms with Crippen molar-refractivity contribution in [2.45, 2.75) is 93.6 Å². The van der Waals surface area contributed by atoms with Crippen LogP contribution >= 0.6 is 11.8 Å². The van der Waals surface area contributed by atoms with Gasteiger partial charge in [-0.25, -0.2) is 10.9 Å². The van der Waals surface area contributed by atoms with E-state index in [0.29, 0.717) is 17.2 Å². The number of carbonyl (C=O) groups is 1. The molecule has 2 heterocycles. The van der Waals surface area contributed by atoms with Crippen molar-refractivity contribution < 1.29 is 9.90 Å². The second-order valence-electron chi connectivity index (χ2n) is 10.1. The molecule has 0 radical (unpaired) electrons. The number of thioether (sulfide) groups is 1. The standard InChI is InChI=1S/C22H41N5O2S/c1-14(30-22-26-23-13-27(22)2)17-9-15(12-28)10-18(11-17)24-21(29)20-8-7-16-5-3-4-6-19(16)25-20/h14-20,22-23,25-26,28H,3-13H2,1-2H3,(H,24,29). The number of fused-ring (bicyclic) bond motifs is 1. The lowest BCUT2D eigenvalue weighted by Crippen LogP contribution is -2.57. The molecule has 4 aliphatic rings. The Bertz CT molecular complexity index is 582. The first-order chi connectivity index (χ1) is 14.5. The van der Waals surface area contributed by atoms with Crippen LogP contribution in [-0.2, 0) is 4.79 Å². The molecule has 0 bridgehead atoms. The third-order valence-electron chi connectivity index (χ3n) is 7.87. The van der Waals surface area contributed by atoms with Crippen molar-refractivity contribution >= 4 is 17.7 Å². The minimum atomic E-state index is -0.0356. The number of nitrogens with zero attached hydrogens (tertiary/aromatic N) is 1. The fourth-order valence-corrected chi connectivity index (χ4v) is 7.33. The van der Waals surface area contributed by atoms with Gasteiger partial charge in [-0.05, 0) is 69.7 Å². The van der Waals surface area contributed by atoms with E-state index in [1.165, 1.54) is 32.1 Å². The maximum atomic E-state index is 13.1. The van der Waals surface area contributed by atoms with Crippen LogP contribution in [0.2, 0.25) is 0 Å². The van der Waals surface area contributed by atoms with E-state index in [2.05, 4.69) is 40.4 Å². The van der Waals surface area contributed by atoms with Gasteiger partial charge < -0.3 is 15.7 Å². The van der Waals surface area contributed by atoms with E-state index in [-0.39, 0.29) is 36.0 Å². The van der Waals surface area contributed by atoms with Crippen molar-refractivity contribution in [3.8, 4) is 0 Å². The van der Waals surface area contributed by atoms with E-state index >= 15 is 0 Å². The summed E-state index contributed by atoms with van der Waals surface area (Å²) in [6, 6.07) is 0.676. The summed E-state index contributed by atoms with van der Waals surface area (Å²) in [5, 5.41) is 17.4. The van der Waals surface area contributed by atoms with Gasteiger partial charge >= 0.3 is 0 Å². The number of hydrogen-bond donors (Lipinski definition) is 5. The third-order valence-corrected chi connectivity index (χ3v) is 9.42. The molecule has 2 saturated carbocycles. The number of carbonyl (C=O) groups excluding carboxylic acids is 1. The van der Waals surface area contributed by atoms with Gasteiger partial charge in [0, 0.05) is 23.9 Å². The summed E-state index contributed by atoms with van der Waals surface area (Å²) in [5.41, 5.74) is 6.79. The Morgan fingerprint density at radius 2 is 2.03 bits per heavy atom. The minimum Gasteiger partial charge on any atom is -0.396 e. The van der Waals surface area contributed by atoms with Crippen molar-refractivity contribution in [2.75, 3.05) is 20.3 Å². The van der Waals surface area contributed by atoms with E-state index in [9.17, 15) is 9.90 Å². The van der Waals surface area contributed by atoms with Gasteiger partial charge in [-0.2, -0.15) is 0 Å². The number of aliphatic hydroxyl groups is 1. The fourth-order valence-electron chi connectivity index (χ4n) is 6.04. The zero-order valence-corrected chi connectivity index (χ0v) is 19.4. The second-order valence-corrected chi connectivity index (χ2v) is 11.6. The van der Waals surface area contributed by atoms with Crippen molar-refractivity contribution in [2.24, 2.45) is 17.8 Å². The highest BCUT2D eigenvalue weighted by Gasteiger charge is 2.38. The highest BCUT2D eigenvalue weighted by molar-refractivity contribution is 8.00. The van der Waals surface area contributed by atoms with Crippen molar-refractivity contribution in [3.05, 3.63) is 0 Å². The third kappa shape index (κ3) is 5.51. The Hall–Kier alpha value is -0.380. The first-order valence-electron chi connectivity index (χ1n) is 12.0. The predicted molar refractivity (Wildman–Crippen MR) is 121 cm³/mol. The number of hydrogen-bond acceptors (Lipinski definition) is 7. The van der Waals surface area contributed by atoms with Crippen LogP contribution in [0.25, 0.3) is 0 Å². The molecule has 2 aliphatic heterocycles. The van der Waals surface area contributed by atoms with Crippen molar-refractivity contribution in [1.82, 2.24) is 26.4 Å². The zero-order chi connectivity index (χ0) is 21.1. The number of nitrogens with one attached hydrogen (secondary N) is 4. The molecule has 2 saturated heterocycles. The van der Waals surface area contributed by atoms with Crippen LogP contribution in [0.15, 0.2) is 0 Å². The molecule has 2 aliphatic carbocycles. The van der Waals surface area contributed by atoms with Gasteiger partial charge in [0.1, 0.15) is 5.50 Å². The summed E-state index contributed by atoms with van der Waals surface area (Å²) >= 11 is 1.94. The summed E-state index contributed by atoms with van der Waals surface area (Å²) in [6.45, 7) is 3.37. The minimum absolute atomic E-state index is 0.0356. The molecule has 8 atom stereocenters. The molecule has 0 aromatic rings. The van der Waals surface area contributed by atoms with E-state index < -0.39 is 0 Å². The molecule has 7 nitrogen and oxygen atoms in total. The van der Waals surface area contributed by atoms with Crippen molar-refractivity contribution in [3.63, 3.8) is 0 Å². The number of aliphatic hydroxyl groups excluding tert-OH is 1. The van der Waals surface area contributed by atoms with Crippen molar-refractivity contribution in [1.29, 1.82) is 0 Å². The molecule has 0 aromatic carbocycles. The largest absolute Gasteiger partial charge is 0.396 e. The van der Waals surface area contributed by atoms with Gasteiger partial charge in [0.2, 0.25) is 5.91 Å². The lowest BCUT2D eigenvalue weighted by atomic mass is 9.76. The average molecular weight is 440 g/mol. The summed E-state index contributed by atoms with van der Waals surface area (Å²) < 4.78 is 0. The average Bonchev–Trinajstić information content (AvgIpc) is 3.17. The van der Waals surface area contributed by atoms with Gasteiger partial charge in [-0.3, -0.25) is 9.69 Å². The Kier molecular flexibility index (Phi) is 7.97. The smallest absolute Gasteiger partial charge is 0.237 e. The van der Waals surface area contributed by atoms with E-state index in [1.807, 2.05) is 11.8 Å². The quantitative estimate of drug-likeness (QED) is 0.430. The zero-order valence-electron chi connectivity index (χ0n) is 18.6. The Balaban J connectivity index is 1.30. The van der Waals surface area contributed by atoms with Crippen LogP contribution in [0, 0.1) is 17.8 Å². The van der Waals surface area contributed by atoms with Crippen LogP contribution in [0.5, 0.6) is 0 Å². The molecule has 4 rings (SSSR count). The number of piperidine rings is 1. The predicted octanol–water partition coefficient (Wildman–Crippen LogP) is 1.59. The first kappa shape index (κ1) is 22.8. The van der Waals surface area contributed by atoms with Crippen LogP contribution in [0.4, 0.5) is 0 Å². The first-order valence-corrected chi connectivity index (χ1v) is 13.0. The second kappa shape index (κ2) is 10.5.